The highest BCUT2D eigenvalue weighted by Crippen LogP contribution is 2.24. The van der Waals surface area contributed by atoms with Gasteiger partial charge in [0.1, 0.15) is 0 Å². The van der Waals surface area contributed by atoms with Crippen LogP contribution < -0.4 is 5.84 Å². The van der Waals surface area contributed by atoms with Crippen LogP contribution in [-0.4, -0.2) is 5.71 Å². The summed E-state index contributed by atoms with van der Waals surface area (Å²) in [5, 5.41) is 3.83. The first-order chi connectivity index (χ1) is 6.31. The standard InChI is InChI=1S/C10H11BrN2/c11-8-5-4-7-2-1-3-10(13-12)9(7)6-8/h4-6H,1-3,12H2/b13-10-. The predicted octanol–water partition coefficient (Wildman–Crippen LogP) is 2.45. The lowest BCUT2D eigenvalue weighted by molar-refractivity contribution is 0.834. The van der Waals surface area contributed by atoms with Crippen molar-refractivity contribution in [2.45, 2.75) is 19.3 Å². The molecule has 68 valence electrons. The molecule has 0 aromatic heterocycles. The number of hydrogen-bond acceptors (Lipinski definition) is 2. The van der Waals surface area contributed by atoms with Crippen molar-refractivity contribution in [1.82, 2.24) is 0 Å². The van der Waals surface area contributed by atoms with E-state index in [2.05, 4.69) is 39.2 Å². The first kappa shape index (κ1) is 8.75. The van der Waals surface area contributed by atoms with Crippen molar-refractivity contribution in [3.8, 4) is 0 Å². The maximum atomic E-state index is 5.34. The highest BCUT2D eigenvalue weighted by atomic mass is 79.9. The van der Waals surface area contributed by atoms with E-state index in [1.54, 1.807) is 0 Å². The molecule has 0 heterocycles. The lowest BCUT2D eigenvalue weighted by atomic mass is 9.90. The van der Waals surface area contributed by atoms with Gasteiger partial charge in [-0.15, -0.1) is 0 Å². The van der Waals surface area contributed by atoms with Gasteiger partial charge in [0, 0.05) is 10.0 Å². The number of aryl methyl sites for hydroxylation is 1. The molecular weight excluding hydrogens is 228 g/mol. The Morgan fingerprint density at radius 3 is 2.92 bits per heavy atom. The Labute approximate surface area is 86.0 Å². The van der Waals surface area contributed by atoms with E-state index in [-0.39, 0.29) is 0 Å². The third-order valence-electron chi connectivity index (χ3n) is 2.40. The van der Waals surface area contributed by atoms with E-state index in [9.17, 15) is 0 Å². The van der Waals surface area contributed by atoms with E-state index in [0.29, 0.717) is 0 Å². The van der Waals surface area contributed by atoms with Crippen molar-refractivity contribution in [2.75, 3.05) is 0 Å². The molecule has 0 aliphatic heterocycles. The molecule has 2 rings (SSSR count). The first-order valence-electron chi connectivity index (χ1n) is 4.37. The van der Waals surface area contributed by atoms with Crippen molar-refractivity contribution < 1.29 is 0 Å². The summed E-state index contributed by atoms with van der Waals surface area (Å²) in [6.45, 7) is 0. The summed E-state index contributed by atoms with van der Waals surface area (Å²) in [5.74, 6) is 5.34. The predicted molar refractivity (Wildman–Crippen MR) is 57.8 cm³/mol. The van der Waals surface area contributed by atoms with Crippen LogP contribution in [0.25, 0.3) is 0 Å². The second-order valence-electron chi connectivity index (χ2n) is 3.23. The van der Waals surface area contributed by atoms with Gasteiger partial charge >= 0.3 is 0 Å². The Morgan fingerprint density at radius 1 is 1.31 bits per heavy atom. The van der Waals surface area contributed by atoms with Crippen LogP contribution in [0.3, 0.4) is 0 Å². The first-order valence-corrected chi connectivity index (χ1v) is 5.16. The number of rotatable bonds is 0. The average Bonchev–Trinajstić information content (AvgIpc) is 2.17. The molecule has 0 bridgehead atoms. The second-order valence-corrected chi connectivity index (χ2v) is 4.15. The third kappa shape index (κ3) is 1.61. The van der Waals surface area contributed by atoms with Gasteiger partial charge in [-0.05, 0) is 37.0 Å². The molecule has 0 spiro atoms. The van der Waals surface area contributed by atoms with Crippen LogP contribution in [-0.2, 0) is 6.42 Å². The fourth-order valence-electron chi connectivity index (χ4n) is 1.75. The molecule has 0 radical (unpaired) electrons. The molecular formula is C10H11BrN2. The molecule has 1 aliphatic rings. The normalized spacial score (nSPS) is 18.7. The van der Waals surface area contributed by atoms with Gasteiger partial charge in [0.15, 0.2) is 0 Å². The zero-order valence-electron chi connectivity index (χ0n) is 7.26. The summed E-state index contributed by atoms with van der Waals surface area (Å²) in [5.41, 5.74) is 3.60. The molecule has 0 saturated heterocycles. The summed E-state index contributed by atoms with van der Waals surface area (Å²) < 4.78 is 1.09. The van der Waals surface area contributed by atoms with Crippen LogP contribution in [0.5, 0.6) is 0 Å². The quantitative estimate of drug-likeness (QED) is 0.548. The van der Waals surface area contributed by atoms with Gasteiger partial charge in [-0.25, -0.2) is 0 Å². The molecule has 2 N–H and O–H groups in total. The molecule has 3 heteroatoms. The van der Waals surface area contributed by atoms with Crippen LogP contribution in [0.1, 0.15) is 24.0 Å². The molecule has 1 aliphatic carbocycles. The summed E-state index contributed by atoms with van der Waals surface area (Å²) >= 11 is 3.45. The largest absolute Gasteiger partial charge is 0.323 e. The van der Waals surface area contributed by atoms with Crippen molar-refractivity contribution in [3.63, 3.8) is 0 Å². The van der Waals surface area contributed by atoms with E-state index in [1.807, 2.05) is 0 Å². The highest BCUT2D eigenvalue weighted by Gasteiger charge is 2.14. The molecule has 2 nitrogen and oxygen atoms in total. The molecule has 0 fully saturated rings. The van der Waals surface area contributed by atoms with E-state index in [4.69, 9.17) is 5.84 Å². The van der Waals surface area contributed by atoms with Gasteiger partial charge in [0.05, 0.1) is 5.71 Å². The summed E-state index contributed by atoms with van der Waals surface area (Å²) in [6, 6.07) is 6.31. The van der Waals surface area contributed by atoms with Gasteiger partial charge in [-0.1, -0.05) is 22.0 Å². The van der Waals surface area contributed by atoms with E-state index in [0.717, 1.165) is 29.4 Å². The molecule has 0 amide bonds. The number of nitrogens with zero attached hydrogens (tertiary/aromatic N) is 1. The molecule has 0 atom stereocenters. The second kappa shape index (κ2) is 3.50. The zero-order valence-corrected chi connectivity index (χ0v) is 8.84. The van der Waals surface area contributed by atoms with Crippen LogP contribution in [0.2, 0.25) is 0 Å². The third-order valence-corrected chi connectivity index (χ3v) is 2.89. The summed E-state index contributed by atoms with van der Waals surface area (Å²) in [6.07, 6.45) is 3.30. The van der Waals surface area contributed by atoms with Gasteiger partial charge in [0.25, 0.3) is 0 Å². The van der Waals surface area contributed by atoms with Crippen LogP contribution >= 0.6 is 15.9 Å². The Bertz CT molecular complexity index is 358. The van der Waals surface area contributed by atoms with Gasteiger partial charge in [0.2, 0.25) is 0 Å². The monoisotopic (exact) mass is 238 g/mol. The maximum Gasteiger partial charge on any atom is 0.0676 e. The van der Waals surface area contributed by atoms with Crippen LogP contribution in [0.15, 0.2) is 27.8 Å². The number of hydrazone groups is 1. The molecule has 1 aromatic rings. The molecule has 0 unspecified atom stereocenters. The Balaban J connectivity index is 2.54. The van der Waals surface area contributed by atoms with Crippen molar-refractivity contribution in [2.24, 2.45) is 10.9 Å². The minimum Gasteiger partial charge on any atom is -0.323 e. The average molecular weight is 239 g/mol. The van der Waals surface area contributed by atoms with Crippen molar-refractivity contribution >= 4 is 21.6 Å². The molecule has 13 heavy (non-hydrogen) atoms. The smallest absolute Gasteiger partial charge is 0.0676 e. The fraction of sp³-hybridized carbons (Fsp3) is 0.300. The van der Waals surface area contributed by atoms with E-state index in [1.165, 1.54) is 11.1 Å². The van der Waals surface area contributed by atoms with Gasteiger partial charge < -0.3 is 5.84 Å². The number of nitrogens with two attached hydrogens (primary N) is 1. The molecule has 1 aromatic carbocycles. The lowest BCUT2D eigenvalue weighted by Crippen LogP contribution is -2.13. The fourth-order valence-corrected chi connectivity index (χ4v) is 2.11. The topological polar surface area (TPSA) is 38.4 Å². The van der Waals surface area contributed by atoms with Crippen LogP contribution in [0.4, 0.5) is 0 Å². The van der Waals surface area contributed by atoms with E-state index < -0.39 is 0 Å². The Kier molecular flexibility index (Phi) is 2.36. The minimum atomic E-state index is 1.000. The zero-order chi connectivity index (χ0) is 9.26. The summed E-state index contributed by atoms with van der Waals surface area (Å²) in [7, 11) is 0. The number of benzene rings is 1. The molecule has 0 saturated carbocycles. The Morgan fingerprint density at radius 2 is 2.15 bits per heavy atom. The SMILES string of the molecule is N/N=C1/CCCc2ccc(Br)cc21. The van der Waals surface area contributed by atoms with Gasteiger partial charge in [-0.2, -0.15) is 5.10 Å². The lowest BCUT2D eigenvalue weighted by Gasteiger charge is -2.17. The van der Waals surface area contributed by atoms with Crippen molar-refractivity contribution in [3.05, 3.63) is 33.8 Å². The number of hydrogen-bond donors (Lipinski definition) is 1. The van der Waals surface area contributed by atoms with Crippen LogP contribution in [0, 0.1) is 0 Å². The summed E-state index contributed by atoms with van der Waals surface area (Å²) in [4.78, 5) is 0. The maximum absolute atomic E-state index is 5.34. The van der Waals surface area contributed by atoms with Crippen molar-refractivity contribution in [1.29, 1.82) is 0 Å². The van der Waals surface area contributed by atoms with Gasteiger partial charge in [-0.3, -0.25) is 0 Å². The number of fused-ring (bicyclic) bond motifs is 1. The highest BCUT2D eigenvalue weighted by molar-refractivity contribution is 9.10. The minimum absolute atomic E-state index is 1.000. The number of halogens is 1. The van der Waals surface area contributed by atoms with E-state index >= 15 is 0 Å². The Hall–Kier alpha value is -0.830.